The normalized spacial score (nSPS) is 12.0. The lowest BCUT2D eigenvalue weighted by Crippen LogP contribution is -2.34. The number of carbonyl (C=O) groups is 2. The summed E-state index contributed by atoms with van der Waals surface area (Å²) in [5.41, 5.74) is 0.675. The number of carbonyl (C=O) groups excluding carboxylic acids is 2. The molecule has 0 saturated carbocycles. The predicted molar refractivity (Wildman–Crippen MR) is 108 cm³/mol. The summed E-state index contributed by atoms with van der Waals surface area (Å²) < 4.78 is 37.4. The number of esters is 1. The van der Waals surface area contributed by atoms with Gasteiger partial charge in [-0.1, -0.05) is 0 Å². The first kappa shape index (κ1) is 22.2. The highest BCUT2D eigenvalue weighted by Crippen LogP contribution is 2.20. The van der Waals surface area contributed by atoms with Crippen molar-refractivity contribution in [2.24, 2.45) is 0 Å². The molecule has 0 saturated heterocycles. The zero-order valence-electron chi connectivity index (χ0n) is 16.5. The van der Waals surface area contributed by atoms with E-state index in [1.165, 1.54) is 31.4 Å². The molecule has 0 aromatic heterocycles. The summed E-state index contributed by atoms with van der Waals surface area (Å²) in [6.07, 6.45) is 0.0424. The number of anilines is 1. The fourth-order valence-corrected chi connectivity index (χ4v) is 3.54. The first-order valence-electron chi connectivity index (χ1n) is 8.98. The summed E-state index contributed by atoms with van der Waals surface area (Å²) in [6.45, 7) is 4.06. The molecule has 0 bridgehead atoms. The summed E-state index contributed by atoms with van der Waals surface area (Å²) in [4.78, 5) is 23.5. The van der Waals surface area contributed by atoms with Crippen molar-refractivity contribution in [1.82, 2.24) is 5.32 Å². The van der Waals surface area contributed by atoms with Crippen LogP contribution in [0.5, 0.6) is 5.75 Å². The number of ether oxygens (including phenoxy) is 2. The number of nitrogens with one attached hydrogen (secondary N) is 2. The molecule has 0 fully saturated rings. The Morgan fingerprint density at radius 3 is 2.21 bits per heavy atom. The van der Waals surface area contributed by atoms with Crippen molar-refractivity contribution in [1.29, 1.82) is 0 Å². The SMILES string of the molecule is CCOc1ccc(NS(=O)(=O)c2ccc(C(=O)N[C@@H](C)CC(=O)OC)cc2)cc1. The summed E-state index contributed by atoms with van der Waals surface area (Å²) in [6, 6.07) is 11.6. The second-order valence-electron chi connectivity index (χ2n) is 6.24. The minimum Gasteiger partial charge on any atom is -0.494 e. The summed E-state index contributed by atoms with van der Waals surface area (Å²) in [7, 11) is -2.53. The van der Waals surface area contributed by atoms with Crippen LogP contribution < -0.4 is 14.8 Å². The van der Waals surface area contributed by atoms with E-state index in [0.29, 0.717) is 18.0 Å². The maximum atomic E-state index is 12.5. The largest absolute Gasteiger partial charge is 0.494 e. The Kier molecular flexibility index (Phi) is 7.60. The Bertz CT molecular complexity index is 940. The van der Waals surface area contributed by atoms with Crippen molar-refractivity contribution in [2.45, 2.75) is 31.2 Å². The van der Waals surface area contributed by atoms with E-state index in [1.807, 2.05) is 6.92 Å². The monoisotopic (exact) mass is 420 g/mol. The van der Waals surface area contributed by atoms with E-state index in [4.69, 9.17) is 4.74 Å². The Morgan fingerprint density at radius 1 is 1.03 bits per heavy atom. The maximum absolute atomic E-state index is 12.5. The fourth-order valence-electron chi connectivity index (χ4n) is 2.48. The Morgan fingerprint density at radius 2 is 1.66 bits per heavy atom. The number of rotatable bonds is 9. The van der Waals surface area contributed by atoms with Gasteiger partial charge in [-0.3, -0.25) is 14.3 Å². The van der Waals surface area contributed by atoms with Crippen LogP contribution in [-0.2, 0) is 19.6 Å². The summed E-state index contributed by atoms with van der Waals surface area (Å²) in [5.74, 6) is -0.198. The van der Waals surface area contributed by atoms with Gasteiger partial charge in [0.25, 0.3) is 15.9 Å². The van der Waals surface area contributed by atoms with Crippen LogP contribution in [0.25, 0.3) is 0 Å². The highest BCUT2D eigenvalue weighted by molar-refractivity contribution is 7.92. The van der Waals surface area contributed by atoms with Crippen molar-refractivity contribution in [3.8, 4) is 5.75 Å². The minimum absolute atomic E-state index is 0.0190. The van der Waals surface area contributed by atoms with Crippen LogP contribution in [-0.4, -0.2) is 40.1 Å². The third-order valence-corrected chi connectivity index (χ3v) is 5.32. The molecule has 0 heterocycles. The average Bonchev–Trinajstić information content (AvgIpc) is 2.69. The Hall–Kier alpha value is -3.07. The van der Waals surface area contributed by atoms with Gasteiger partial charge in [-0.25, -0.2) is 8.42 Å². The third kappa shape index (κ3) is 6.49. The van der Waals surface area contributed by atoms with E-state index in [9.17, 15) is 18.0 Å². The second kappa shape index (κ2) is 9.92. The van der Waals surface area contributed by atoms with E-state index in [1.54, 1.807) is 31.2 Å². The second-order valence-corrected chi connectivity index (χ2v) is 7.92. The highest BCUT2D eigenvalue weighted by Gasteiger charge is 2.17. The lowest BCUT2D eigenvalue weighted by atomic mass is 10.2. The average molecular weight is 420 g/mol. The predicted octanol–water partition coefficient (Wildman–Crippen LogP) is 2.57. The topological polar surface area (TPSA) is 111 Å². The van der Waals surface area contributed by atoms with Crippen molar-refractivity contribution < 1.29 is 27.5 Å². The van der Waals surface area contributed by atoms with Crippen LogP contribution in [0, 0.1) is 0 Å². The molecule has 0 spiro atoms. The van der Waals surface area contributed by atoms with Gasteiger partial charge in [-0.15, -0.1) is 0 Å². The van der Waals surface area contributed by atoms with Crippen LogP contribution >= 0.6 is 0 Å². The van der Waals surface area contributed by atoms with Crippen molar-refractivity contribution in [3.63, 3.8) is 0 Å². The number of benzene rings is 2. The first-order chi connectivity index (χ1) is 13.7. The van der Waals surface area contributed by atoms with E-state index in [-0.39, 0.29) is 16.9 Å². The van der Waals surface area contributed by atoms with Crippen molar-refractivity contribution in [3.05, 3.63) is 54.1 Å². The van der Waals surface area contributed by atoms with Gasteiger partial charge in [0.1, 0.15) is 5.75 Å². The number of methoxy groups -OCH3 is 1. The zero-order valence-corrected chi connectivity index (χ0v) is 17.3. The molecule has 156 valence electrons. The van der Waals surface area contributed by atoms with E-state index < -0.39 is 27.9 Å². The molecule has 1 atom stereocenters. The van der Waals surface area contributed by atoms with Gasteiger partial charge >= 0.3 is 5.97 Å². The van der Waals surface area contributed by atoms with E-state index in [2.05, 4.69) is 14.8 Å². The highest BCUT2D eigenvalue weighted by atomic mass is 32.2. The molecular formula is C20H24N2O6S. The lowest BCUT2D eigenvalue weighted by molar-refractivity contribution is -0.141. The quantitative estimate of drug-likeness (QED) is 0.603. The van der Waals surface area contributed by atoms with Crippen LogP contribution in [0.2, 0.25) is 0 Å². The Labute approximate surface area is 170 Å². The van der Waals surface area contributed by atoms with Crippen LogP contribution in [0.4, 0.5) is 5.69 Å². The van der Waals surface area contributed by atoms with Gasteiger partial charge in [0.2, 0.25) is 0 Å². The number of hydrogen-bond acceptors (Lipinski definition) is 6. The zero-order chi connectivity index (χ0) is 21.4. The molecule has 9 heteroatoms. The molecule has 0 aliphatic rings. The molecule has 1 amide bonds. The number of amides is 1. The molecule has 29 heavy (non-hydrogen) atoms. The maximum Gasteiger partial charge on any atom is 0.307 e. The van der Waals surface area contributed by atoms with Gasteiger partial charge < -0.3 is 14.8 Å². The molecule has 0 aliphatic carbocycles. The molecule has 0 unspecified atom stereocenters. The molecule has 2 rings (SSSR count). The molecule has 8 nitrogen and oxygen atoms in total. The number of hydrogen-bond donors (Lipinski definition) is 2. The van der Waals surface area contributed by atoms with Crippen LogP contribution in [0.3, 0.4) is 0 Å². The minimum atomic E-state index is -3.81. The van der Waals surface area contributed by atoms with Gasteiger partial charge in [-0.2, -0.15) is 0 Å². The van der Waals surface area contributed by atoms with Gasteiger partial charge in [0.15, 0.2) is 0 Å². The molecule has 0 aliphatic heterocycles. The molecule has 2 N–H and O–H groups in total. The van der Waals surface area contributed by atoms with Gasteiger partial charge in [0.05, 0.1) is 25.0 Å². The molecule has 0 radical (unpaired) electrons. The molecule has 2 aromatic carbocycles. The van der Waals surface area contributed by atoms with E-state index in [0.717, 1.165) is 0 Å². The lowest BCUT2D eigenvalue weighted by Gasteiger charge is -2.13. The van der Waals surface area contributed by atoms with E-state index >= 15 is 0 Å². The van der Waals surface area contributed by atoms with Crippen molar-refractivity contribution >= 4 is 27.6 Å². The van der Waals surface area contributed by atoms with Gasteiger partial charge in [0, 0.05) is 17.3 Å². The van der Waals surface area contributed by atoms with Crippen LogP contribution in [0.1, 0.15) is 30.6 Å². The molecule has 2 aromatic rings. The molecular weight excluding hydrogens is 396 g/mol. The van der Waals surface area contributed by atoms with Gasteiger partial charge in [-0.05, 0) is 62.4 Å². The van der Waals surface area contributed by atoms with Crippen LogP contribution in [0.15, 0.2) is 53.4 Å². The third-order valence-electron chi connectivity index (χ3n) is 3.92. The smallest absolute Gasteiger partial charge is 0.307 e. The summed E-state index contributed by atoms with van der Waals surface area (Å²) >= 11 is 0. The first-order valence-corrected chi connectivity index (χ1v) is 10.5. The fraction of sp³-hybridized carbons (Fsp3) is 0.300. The summed E-state index contributed by atoms with van der Waals surface area (Å²) in [5, 5.41) is 2.66. The van der Waals surface area contributed by atoms with Crippen molar-refractivity contribution in [2.75, 3.05) is 18.4 Å². The Balaban J connectivity index is 2.04. The standard InChI is InChI=1S/C20H24N2O6S/c1-4-28-17-9-7-16(8-10-17)22-29(25,26)18-11-5-15(6-12-18)20(24)21-14(2)13-19(23)27-3/h5-12,14,22H,4,13H2,1-3H3,(H,21,24)/t14-/m0/s1. The number of sulfonamides is 1.